The van der Waals surface area contributed by atoms with Crippen molar-refractivity contribution in [1.29, 1.82) is 0 Å². The van der Waals surface area contributed by atoms with Gasteiger partial charge in [0.15, 0.2) is 0 Å². The van der Waals surface area contributed by atoms with Crippen molar-refractivity contribution in [2.75, 3.05) is 0 Å². The van der Waals surface area contributed by atoms with Crippen molar-refractivity contribution in [2.45, 2.75) is 32.7 Å². The third-order valence-electron chi connectivity index (χ3n) is 4.19. The fraction of sp³-hybridized carbons (Fsp3) is 0.263. The summed E-state index contributed by atoms with van der Waals surface area (Å²) < 4.78 is 2.24. The topological polar surface area (TPSA) is 67.2 Å². The maximum Gasteiger partial charge on any atom is 0.267 e. The van der Waals surface area contributed by atoms with Gasteiger partial charge in [0, 0.05) is 19.0 Å². The molecule has 0 saturated carbocycles. The molecule has 1 aliphatic rings. The standard InChI is InChI=1S/C19H21N3O2/c1-2-22-17-10-8-15(9-11-19(23)21-24)12-16(17)20-18(22)13-14-6-4-3-5-7-14/h3-4,6,8-12,24H,2,5,7,13H2,1H3,(H,21,23). The van der Waals surface area contributed by atoms with Crippen molar-refractivity contribution in [3.8, 4) is 0 Å². The molecule has 1 aliphatic carbocycles. The van der Waals surface area contributed by atoms with Crippen LogP contribution in [-0.2, 0) is 17.8 Å². The van der Waals surface area contributed by atoms with Crippen LogP contribution >= 0.6 is 0 Å². The second-order valence-electron chi connectivity index (χ2n) is 5.80. The van der Waals surface area contributed by atoms with E-state index in [9.17, 15) is 4.79 Å². The number of imidazole rings is 1. The quantitative estimate of drug-likeness (QED) is 0.503. The summed E-state index contributed by atoms with van der Waals surface area (Å²) in [5.41, 5.74) is 5.88. The molecular formula is C19H21N3O2. The number of fused-ring (bicyclic) bond motifs is 1. The molecule has 1 aromatic carbocycles. The molecule has 5 heteroatoms. The summed E-state index contributed by atoms with van der Waals surface area (Å²) in [6, 6.07) is 5.94. The molecule has 5 nitrogen and oxygen atoms in total. The maximum atomic E-state index is 11.1. The summed E-state index contributed by atoms with van der Waals surface area (Å²) in [4.78, 5) is 15.9. The van der Waals surface area contributed by atoms with E-state index in [-0.39, 0.29) is 0 Å². The molecule has 124 valence electrons. The van der Waals surface area contributed by atoms with Crippen LogP contribution in [0.25, 0.3) is 17.1 Å². The molecule has 24 heavy (non-hydrogen) atoms. The molecule has 1 amide bonds. The lowest BCUT2D eigenvalue weighted by atomic mass is 10.0. The van der Waals surface area contributed by atoms with Crippen LogP contribution in [0.5, 0.6) is 0 Å². The van der Waals surface area contributed by atoms with E-state index in [2.05, 4.69) is 29.7 Å². The molecule has 2 N–H and O–H groups in total. The van der Waals surface area contributed by atoms with Gasteiger partial charge in [-0.05, 0) is 43.5 Å². The Hall–Kier alpha value is -2.66. The van der Waals surface area contributed by atoms with Crippen LogP contribution in [0.4, 0.5) is 0 Å². The normalized spacial score (nSPS) is 14.3. The van der Waals surface area contributed by atoms with Gasteiger partial charge < -0.3 is 4.57 Å². The lowest BCUT2D eigenvalue weighted by molar-refractivity contribution is -0.124. The molecular weight excluding hydrogens is 302 g/mol. The number of hydroxylamine groups is 1. The first-order valence-corrected chi connectivity index (χ1v) is 8.17. The lowest BCUT2D eigenvalue weighted by Crippen LogP contribution is -2.14. The number of carbonyl (C=O) groups is 1. The molecule has 0 spiro atoms. The molecule has 0 aliphatic heterocycles. The monoisotopic (exact) mass is 323 g/mol. The molecule has 1 heterocycles. The zero-order valence-electron chi connectivity index (χ0n) is 13.7. The Balaban J connectivity index is 1.93. The zero-order valence-corrected chi connectivity index (χ0v) is 13.7. The van der Waals surface area contributed by atoms with Gasteiger partial charge in [0.05, 0.1) is 11.0 Å². The average Bonchev–Trinajstić information content (AvgIpc) is 2.96. The molecule has 1 aromatic heterocycles. The maximum absolute atomic E-state index is 11.1. The summed E-state index contributed by atoms with van der Waals surface area (Å²) in [7, 11) is 0. The summed E-state index contributed by atoms with van der Waals surface area (Å²) in [6.45, 7) is 3.00. The van der Waals surface area contributed by atoms with Crippen LogP contribution < -0.4 is 5.48 Å². The number of carbonyl (C=O) groups excluding carboxylic acids is 1. The molecule has 0 radical (unpaired) electrons. The Morgan fingerprint density at radius 1 is 1.46 bits per heavy atom. The number of nitrogens with zero attached hydrogens (tertiary/aromatic N) is 2. The molecule has 0 unspecified atom stereocenters. The van der Waals surface area contributed by atoms with E-state index >= 15 is 0 Å². The Morgan fingerprint density at radius 2 is 2.33 bits per heavy atom. The van der Waals surface area contributed by atoms with Gasteiger partial charge in [-0.1, -0.05) is 29.9 Å². The van der Waals surface area contributed by atoms with Crippen molar-refractivity contribution < 1.29 is 10.0 Å². The van der Waals surface area contributed by atoms with Gasteiger partial charge in [0.1, 0.15) is 5.82 Å². The van der Waals surface area contributed by atoms with Gasteiger partial charge in [0.25, 0.3) is 5.91 Å². The predicted octanol–water partition coefficient (Wildman–Crippen LogP) is 3.39. The Labute approximate surface area is 141 Å². The summed E-state index contributed by atoms with van der Waals surface area (Å²) in [6.07, 6.45) is 12.5. The van der Waals surface area contributed by atoms with Crippen LogP contribution in [0.1, 0.15) is 31.2 Å². The highest BCUT2D eigenvalue weighted by molar-refractivity contribution is 5.91. The number of hydrogen-bond donors (Lipinski definition) is 2. The van der Waals surface area contributed by atoms with Gasteiger partial charge in [-0.2, -0.15) is 0 Å². The molecule has 0 bridgehead atoms. The number of nitrogens with one attached hydrogen (secondary N) is 1. The van der Waals surface area contributed by atoms with E-state index in [0.717, 1.165) is 48.2 Å². The zero-order chi connectivity index (χ0) is 16.9. The van der Waals surface area contributed by atoms with Gasteiger partial charge in [-0.15, -0.1) is 0 Å². The molecule has 2 aromatic rings. The van der Waals surface area contributed by atoms with Crippen LogP contribution in [0, 0.1) is 0 Å². The molecule has 0 saturated heterocycles. The Kier molecular flexibility index (Phi) is 4.91. The number of hydrogen-bond acceptors (Lipinski definition) is 3. The fourth-order valence-electron chi connectivity index (χ4n) is 3.00. The lowest BCUT2D eigenvalue weighted by Gasteiger charge is -2.10. The highest BCUT2D eigenvalue weighted by atomic mass is 16.5. The highest BCUT2D eigenvalue weighted by Crippen LogP contribution is 2.23. The van der Waals surface area contributed by atoms with Crippen molar-refractivity contribution in [1.82, 2.24) is 15.0 Å². The van der Waals surface area contributed by atoms with Crippen LogP contribution in [0.2, 0.25) is 0 Å². The minimum atomic E-state index is -0.549. The molecule has 0 atom stereocenters. The van der Waals surface area contributed by atoms with Crippen LogP contribution in [0.15, 0.2) is 48.1 Å². The number of rotatable bonds is 5. The second-order valence-corrected chi connectivity index (χ2v) is 5.80. The number of aryl methyl sites for hydroxylation is 1. The smallest absolute Gasteiger partial charge is 0.267 e. The minimum Gasteiger partial charge on any atom is -0.328 e. The van der Waals surface area contributed by atoms with Gasteiger partial charge in [-0.3, -0.25) is 10.0 Å². The first kappa shape index (κ1) is 16.2. The summed E-state index contributed by atoms with van der Waals surface area (Å²) in [5, 5.41) is 8.54. The van der Waals surface area contributed by atoms with E-state index in [4.69, 9.17) is 10.2 Å². The third kappa shape index (κ3) is 3.46. The molecule has 0 fully saturated rings. The van der Waals surface area contributed by atoms with Gasteiger partial charge >= 0.3 is 0 Å². The van der Waals surface area contributed by atoms with E-state index in [0.29, 0.717) is 0 Å². The van der Waals surface area contributed by atoms with E-state index in [1.54, 1.807) is 11.6 Å². The third-order valence-corrected chi connectivity index (χ3v) is 4.19. The molecule has 3 rings (SSSR count). The first-order valence-electron chi connectivity index (χ1n) is 8.17. The van der Waals surface area contributed by atoms with Crippen molar-refractivity contribution >= 4 is 23.0 Å². The van der Waals surface area contributed by atoms with Gasteiger partial charge in [0.2, 0.25) is 0 Å². The van der Waals surface area contributed by atoms with E-state index in [1.165, 1.54) is 11.6 Å². The first-order chi connectivity index (χ1) is 11.7. The largest absolute Gasteiger partial charge is 0.328 e. The predicted molar refractivity (Wildman–Crippen MR) is 94.5 cm³/mol. The van der Waals surface area contributed by atoms with Crippen molar-refractivity contribution in [2.24, 2.45) is 0 Å². The second kappa shape index (κ2) is 7.27. The minimum absolute atomic E-state index is 0.549. The number of benzene rings is 1. The van der Waals surface area contributed by atoms with Gasteiger partial charge in [-0.25, -0.2) is 10.5 Å². The Morgan fingerprint density at radius 3 is 3.04 bits per heavy atom. The SMILES string of the molecule is CCn1c(CC2=CC=CCC2)nc2cc(C=CC(=O)NO)ccc21. The van der Waals surface area contributed by atoms with Crippen molar-refractivity contribution in [3.63, 3.8) is 0 Å². The fourth-order valence-corrected chi connectivity index (χ4v) is 3.00. The van der Waals surface area contributed by atoms with Crippen LogP contribution in [-0.4, -0.2) is 20.7 Å². The Bertz CT molecular complexity index is 844. The number of allylic oxidation sites excluding steroid dienone is 4. The summed E-state index contributed by atoms with van der Waals surface area (Å²) >= 11 is 0. The van der Waals surface area contributed by atoms with Crippen LogP contribution in [0.3, 0.4) is 0 Å². The van der Waals surface area contributed by atoms with E-state index < -0.39 is 5.91 Å². The van der Waals surface area contributed by atoms with E-state index in [1.807, 2.05) is 18.2 Å². The number of amides is 1. The highest BCUT2D eigenvalue weighted by Gasteiger charge is 2.12. The average molecular weight is 323 g/mol. The summed E-state index contributed by atoms with van der Waals surface area (Å²) in [5.74, 6) is 0.524. The number of aromatic nitrogens is 2. The van der Waals surface area contributed by atoms with Crippen molar-refractivity contribution in [3.05, 3.63) is 59.5 Å².